The van der Waals surface area contributed by atoms with Crippen LogP contribution in [-0.2, 0) is 6.54 Å². The number of nitrogens with one attached hydrogen (secondary N) is 1. The van der Waals surface area contributed by atoms with Crippen LogP contribution in [0.15, 0.2) is 45.2 Å². The fourth-order valence-corrected chi connectivity index (χ4v) is 2.28. The topological polar surface area (TPSA) is 64.1 Å². The Morgan fingerprint density at radius 1 is 1.18 bits per heavy atom. The molecule has 5 nitrogen and oxygen atoms in total. The van der Waals surface area contributed by atoms with Crippen LogP contribution in [0.4, 0.5) is 0 Å². The van der Waals surface area contributed by atoms with Crippen LogP contribution in [0.1, 0.15) is 30.4 Å². The molecule has 114 valence electrons. The lowest BCUT2D eigenvalue weighted by Gasteiger charge is -2.08. The molecule has 0 aliphatic rings. The van der Waals surface area contributed by atoms with Crippen molar-refractivity contribution in [2.75, 3.05) is 0 Å². The quantitative estimate of drug-likeness (QED) is 0.766. The van der Waals surface area contributed by atoms with E-state index in [1.54, 1.807) is 12.1 Å². The summed E-state index contributed by atoms with van der Waals surface area (Å²) >= 11 is 5.96. The summed E-state index contributed by atoms with van der Waals surface area (Å²) in [5.41, 5.74) is 0.806. The van der Waals surface area contributed by atoms with Crippen LogP contribution in [0.5, 0.6) is 0 Å². The van der Waals surface area contributed by atoms with Crippen molar-refractivity contribution >= 4 is 11.6 Å². The van der Waals surface area contributed by atoms with Crippen molar-refractivity contribution in [1.82, 2.24) is 15.5 Å². The van der Waals surface area contributed by atoms with Gasteiger partial charge >= 0.3 is 0 Å². The largest absolute Gasteiger partial charge is 0.465 e. The lowest BCUT2D eigenvalue weighted by Crippen LogP contribution is -2.17. The van der Waals surface area contributed by atoms with Gasteiger partial charge in [0, 0.05) is 10.6 Å². The number of hydrogen-bond donors (Lipinski definition) is 1. The third-order valence-electron chi connectivity index (χ3n) is 3.29. The summed E-state index contributed by atoms with van der Waals surface area (Å²) in [6, 6.07) is 11.3. The predicted octanol–water partition coefficient (Wildman–Crippen LogP) is 4.14. The van der Waals surface area contributed by atoms with E-state index < -0.39 is 0 Å². The van der Waals surface area contributed by atoms with Gasteiger partial charge in [0.25, 0.3) is 0 Å². The maximum Gasteiger partial charge on any atom is 0.247 e. The standard InChI is InChI=1S/C16H16ClN3O2/c1-10-6-7-14(21-10)11(2)18-9-15-19-20-16(22-15)12-4-3-5-13(17)8-12/h3-8,11,18H,9H2,1-2H3/t11-/m1/s1. The predicted molar refractivity (Wildman–Crippen MR) is 83.4 cm³/mol. The van der Waals surface area contributed by atoms with E-state index in [2.05, 4.69) is 15.5 Å². The second-order valence-corrected chi connectivity index (χ2v) is 5.50. The molecule has 0 aliphatic heterocycles. The summed E-state index contributed by atoms with van der Waals surface area (Å²) in [6.45, 7) is 4.41. The van der Waals surface area contributed by atoms with E-state index in [1.165, 1.54) is 0 Å². The number of furan rings is 1. The maximum absolute atomic E-state index is 5.96. The minimum atomic E-state index is 0.0650. The highest BCUT2D eigenvalue weighted by Gasteiger charge is 2.12. The zero-order valence-corrected chi connectivity index (χ0v) is 13.1. The highest BCUT2D eigenvalue weighted by molar-refractivity contribution is 6.30. The van der Waals surface area contributed by atoms with E-state index in [1.807, 2.05) is 38.1 Å². The third kappa shape index (κ3) is 3.37. The zero-order chi connectivity index (χ0) is 15.5. The number of benzene rings is 1. The maximum atomic E-state index is 5.96. The van der Waals surface area contributed by atoms with Crippen molar-refractivity contribution in [3.8, 4) is 11.5 Å². The summed E-state index contributed by atoms with van der Waals surface area (Å²) in [6.07, 6.45) is 0. The van der Waals surface area contributed by atoms with E-state index in [-0.39, 0.29) is 6.04 Å². The highest BCUT2D eigenvalue weighted by Crippen LogP contribution is 2.22. The molecule has 0 unspecified atom stereocenters. The Balaban J connectivity index is 1.65. The molecule has 0 bridgehead atoms. The van der Waals surface area contributed by atoms with Crippen molar-refractivity contribution in [1.29, 1.82) is 0 Å². The number of hydrogen-bond acceptors (Lipinski definition) is 5. The van der Waals surface area contributed by atoms with Crippen LogP contribution in [0.2, 0.25) is 5.02 Å². The Morgan fingerprint density at radius 3 is 2.77 bits per heavy atom. The van der Waals surface area contributed by atoms with Gasteiger partial charge < -0.3 is 8.83 Å². The molecule has 2 heterocycles. The molecule has 0 spiro atoms. The number of aromatic nitrogens is 2. The molecule has 0 saturated heterocycles. The van der Waals surface area contributed by atoms with E-state index in [0.717, 1.165) is 17.1 Å². The second-order valence-electron chi connectivity index (χ2n) is 5.06. The Hall–Kier alpha value is -2.11. The SMILES string of the molecule is Cc1ccc([C@@H](C)NCc2nnc(-c3cccc(Cl)c3)o2)o1. The number of aryl methyl sites for hydroxylation is 1. The molecule has 0 radical (unpaired) electrons. The van der Waals surface area contributed by atoms with Crippen LogP contribution in [0.3, 0.4) is 0 Å². The monoisotopic (exact) mass is 317 g/mol. The molecule has 22 heavy (non-hydrogen) atoms. The lowest BCUT2D eigenvalue weighted by atomic mass is 10.2. The summed E-state index contributed by atoms with van der Waals surface area (Å²) in [5, 5.41) is 12.0. The van der Waals surface area contributed by atoms with Gasteiger partial charge in [0.05, 0.1) is 12.6 Å². The molecule has 1 N–H and O–H groups in total. The molecule has 2 aromatic heterocycles. The van der Waals surface area contributed by atoms with Crippen LogP contribution >= 0.6 is 11.6 Å². The molecule has 0 amide bonds. The summed E-state index contributed by atoms with van der Waals surface area (Å²) < 4.78 is 11.2. The third-order valence-corrected chi connectivity index (χ3v) is 3.52. The summed E-state index contributed by atoms with van der Waals surface area (Å²) in [5.74, 6) is 2.75. The molecule has 1 aromatic carbocycles. The van der Waals surface area contributed by atoms with Crippen molar-refractivity contribution in [2.24, 2.45) is 0 Å². The zero-order valence-electron chi connectivity index (χ0n) is 12.3. The van der Waals surface area contributed by atoms with E-state index in [9.17, 15) is 0 Å². The molecule has 3 aromatic rings. The van der Waals surface area contributed by atoms with Crippen LogP contribution < -0.4 is 5.32 Å². The molecule has 0 saturated carbocycles. The molecule has 3 rings (SSSR count). The van der Waals surface area contributed by atoms with E-state index in [4.69, 9.17) is 20.4 Å². The number of halogens is 1. The number of nitrogens with zero attached hydrogens (tertiary/aromatic N) is 2. The Labute approximate surface area is 133 Å². The van der Waals surface area contributed by atoms with Gasteiger partial charge in [-0.2, -0.15) is 0 Å². The molecular formula is C16H16ClN3O2. The lowest BCUT2D eigenvalue weighted by molar-refractivity contribution is 0.394. The Morgan fingerprint density at radius 2 is 2.05 bits per heavy atom. The molecule has 1 atom stereocenters. The highest BCUT2D eigenvalue weighted by atomic mass is 35.5. The van der Waals surface area contributed by atoms with Crippen LogP contribution in [0, 0.1) is 6.92 Å². The first-order valence-electron chi connectivity index (χ1n) is 7.00. The van der Waals surface area contributed by atoms with Gasteiger partial charge in [-0.3, -0.25) is 5.32 Å². The van der Waals surface area contributed by atoms with Crippen molar-refractivity contribution in [3.63, 3.8) is 0 Å². The minimum Gasteiger partial charge on any atom is -0.465 e. The average Bonchev–Trinajstić information content (AvgIpc) is 3.14. The summed E-state index contributed by atoms with van der Waals surface area (Å²) in [7, 11) is 0. The molecular weight excluding hydrogens is 302 g/mol. The fourth-order valence-electron chi connectivity index (χ4n) is 2.09. The molecule has 0 aliphatic carbocycles. The first kappa shape index (κ1) is 14.8. The van der Waals surface area contributed by atoms with Crippen LogP contribution in [0.25, 0.3) is 11.5 Å². The average molecular weight is 318 g/mol. The van der Waals surface area contributed by atoms with Gasteiger partial charge in [-0.05, 0) is 44.2 Å². The fraction of sp³-hybridized carbons (Fsp3) is 0.250. The van der Waals surface area contributed by atoms with Crippen molar-refractivity contribution in [3.05, 3.63) is 58.8 Å². The Kier molecular flexibility index (Phi) is 4.27. The first-order chi connectivity index (χ1) is 10.6. The van der Waals surface area contributed by atoms with E-state index >= 15 is 0 Å². The number of rotatable bonds is 5. The van der Waals surface area contributed by atoms with Gasteiger partial charge in [0.1, 0.15) is 11.5 Å². The molecule has 0 fully saturated rings. The normalized spacial score (nSPS) is 12.5. The van der Waals surface area contributed by atoms with Crippen LogP contribution in [-0.4, -0.2) is 10.2 Å². The Bertz CT molecular complexity index is 766. The van der Waals surface area contributed by atoms with Crippen molar-refractivity contribution < 1.29 is 8.83 Å². The molecule has 6 heteroatoms. The minimum absolute atomic E-state index is 0.0650. The van der Waals surface area contributed by atoms with Gasteiger partial charge in [-0.25, -0.2) is 0 Å². The summed E-state index contributed by atoms with van der Waals surface area (Å²) in [4.78, 5) is 0. The smallest absolute Gasteiger partial charge is 0.247 e. The van der Waals surface area contributed by atoms with Gasteiger partial charge in [0.2, 0.25) is 11.8 Å². The van der Waals surface area contributed by atoms with Gasteiger partial charge in [-0.15, -0.1) is 10.2 Å². The second kappa shape index (κ2) is 6.34. The van der Waals surface area contributed by atoms with Gasteiger partial charge in [-0.1, -0.05) is 17.7 Å². The first-order valence-corrected chi connectivity index (χ1v) is 7.37. The van der Waals surface area contributed by atoms with Gasteiger partial charge in [0.15, 0.2) is 0 Å². The van der Waals surface area contributed by atoms with E-state index in [0.29, 0.717) is 23.3 Å². The van der Waals surface area contributed by atoms with Crippen molar-refractivity contribution in [2.45, 2.75) is 26.4 Å².